The van der Waals surface area contributed by atoms with Gasteiger partial charge in [0.15, 0.2) is 5.13 Å². The first-order valence-corrected chi connectivity index (χ1v) is 9.39. The van der Waals surface area contributed by atoms with E-state index in [1.54, 1.807) is 47.8 Å². The molecule has 0 aliphatic rings. The number of para-hydroxylation sites is 1. The molecule has 0 aliphatic heterocycles. The van der Waals surface area contributed by atoms with Crippen molar-refractivity contribution in [3.8, 4) is 11.3 Å². The fraction of sp³-hybridized carbons (Fsp3) is 0. The summed E-state index contributed by atoms with van der Waals surface area (Å²) in [6.07, 6.45) is 1.16. The van der Waals surface area contributed by atoms with Gasteiger partial charge in [-0.1, -0.05) is 35.3 Å². The summed E-state index contributed by atoms with van der Waals surface area (Å²) in [5, 5.41) is 6.05. The molecule has 2 aromatic heterocycles. The third kappa shape index (κ3) is 3.47. The highest BCUT2D eigenvalue weighted by Crippen LogP contribution is 2.32. The Morgan fingerprint density at radius 3 is 2.78 bits per heavy atom. The molecular formula is C19H10Cl2N2O3S. The first-order valence-electron chi connectivity index (χ1n) is 7.76. The van der Waals surface area contributed by atoms with Gasteiger partial charge in [-0.25, -0.2) is 4.98 Å². The van der Waals surface area contributed by atoms with Crippen molar-refractivity contribution in [3.63, 3.8) is 0 Å². The summed E-state index contributed by atoms with van der Waals surface area (Å²) in [6, 6.07) is 11.8. The zero-order valence-electron chi connectivity index (χ0n) is 13.5. The molecule has 8 heteroatoms. The van der Waals surface area contributed by atoms with E-state index in [0.717, 1.165) is 6.26 Å². The molecule has 1 N–H and O–H groups in total. The minimum Gasteiger partial charge on any atom is -0.463 e. The van der Waals surface area contributed by atoms with Crippen molar-refractivity contribution in [2.24, 2.45) is 0 Å². The van der Waals surface area contributed by atoms with Crippen LogP contribution in [0, 0.1) is 0 Å². The molecule has 134 valence electrons. The third-order valence-electron chi connectivity index (χ3n) is 3.86. The summed E-state index contributed by atoms with van der Waals surface area (Å²) >= 11 is 13.3. The van der Waals surface area contributed by atoms with Gasteiger partial charge in [0.1, 0.15) is 17.4 Å². The van der Waals surface area contributed by atoms with Crippen molar-refractivity contribution in [1.82, 2.24) is 4.98 Å². The first-order chi connectivity index (χ1) is 13.0. The Labute approximate surface area is 167 Å². The number of thiazole rings is 1. The molecule has 0 aliphatic carbocycles. The Morgan fingerprint density at radius 2 is 1.96 bits per heavy atom. The van der Waals surface area contributed by atoms with Crippen molar-refractivity contribution in [2.45, 2.75) is 0 Å². The van der Waals surface area contributed by atoms with E-state index in [9.17, 15) is 9.59 Å². The topological polar surface area (TPSA) is 72.2 Å². The van der Waals surface area contributed by atoms with Gasteiger partial charge >= 0.3 is 0 Å². The molecule has 4 rings (SSSR count). The number of halogens is 2. The van der Waals surface area contributed by atoms with E-state index in [1.165, 1.54) is 11.3 Å². The van der Waals surface area contributed by atoms with Crippen LogP contribution in [0.4, 0.5) is 5.13 Å². The molecule has 0 saturated heterocycles. The molecule has 5 nitrogen and oxygen atoms in total. The molecule has 0 radical (unpaired) electrons. The van der Waals surface area contributed by atoms with Crippen LogP contribution < -0.4 is 10.7 Å². The second-order valence-electron chi connectivity index (χ2n) is 5.59. The van der Waals surface area contributed by atoms with Crippen molar-refractivity contribution >= 4 is 56.5 Å². The van der Waals surface area contributed by atoms with Gasteiger partial charge in [0, 0.05) is 16.0 Å². The van der Waals surface area contributed by atoms with Gasteiger partial charge in [0.2, 0.25) is 5.43 Å². The molecule has 0 atom stereocenters. The van der Waals surface area contributed by atoms with E-state index >= 15 is 0 Å². The second-order valence-corrected chi connectivity index (χ2v) is 7.29. The zero-order valence-corrected chi connectivity index (χ0v) is 15.9. The average Bonchev–Trinajstić information content (AvgIpc) is 3.10. The molecule has 0 unspecified atom stereocenters. The highest BCUT2D eigenvalue weighted by Gasteiger charge is 2.16. The van der Waals surface area contributed by atoms with E-state index in [0.29, 0.717) is 37.4 Å². The Bertz CT molecular complexity index is 1230. The molecule has 2 heterocycles. The number of rotatable bonds is 3. The first kappa shape index (κ1) is 17.7. The summed E-state index contributed by atoms with van der Waals surface area (Å²) in [7, 11) is 0. The maximum absolute atomic E-state index is 12.5. The molecule has 2 aromatic carbocycles. The van der Waals surface area contributed by atoms with Crippen LogP contribution in [0.3, 0.4) is 0 Å². The lowest BCUT2D eigenvalue weighted by atomic mass is 10.1. The van der Waals surface area contributed by atoms with Crippen molar-refractivity contribution in [1.29, 1.82) is 0 Å². The van der Waals surface area contributed by atoms with E-state index in [-0.39, 0.29) is 5.56 Å². The fourth-order valence-electron chi connectivity index (χ4n) is 2.55. The number of anilines is 1. The van der Waals surface area contributed by atoms with E-state index < -0.39 is 11.3 Å². The molecular weight excluding hydrogens is 407 g/mol. The average molecular weight is 417 g/mol. The number of nitrogens with one attached hydrogen (secondary N) is 1. The summed E-state index contributed by atoms with van der Waals surface area (Å²) in [4.78, 5) is 29.3. The van der Waals surface area contributed by atoms with Gasteiger partial charge in [-0.15, -0.1) is 11.3 Å². The van der Waals surface area contributed by atoms with Crippen molar-refractivity contribution in [2.75, 3.05) is 5.32 Å². The maximum Gasteiger partial charge on any atom is 0.264 e. The Kier molecular flexibility index (Phi) is 4.70. The maximum atomic E-state index is 12.5. The minimum atomic E-state index is -0.586. The quantitative estimate of drug-likeness (QED) is 0.480. The van der Waals surface area contributed by atoms with Crippen LogP contribution in [0.15, 0.2) is 63.3 Å². The van der Waals surface area contributed by atoms with Gasteiger partial charge in [-0.2, -0.15) is 0 Å². The number of hydrogen-bond donors (Lipinski definition) is 1. The molecule has 0 fully saturated rings. The van der Waals surface area contributed by atoms with E-state index in [2.05, 4.69) is 10.3 Å². The normalized spacial score (nSPS) is 10.9. The van der Waals surface area contributed by atoms with Gasteiger partial charge in [-0.3, -0.25) is 14.9 Å². The predicted molar refractivity (Wildman–Crippen MR) is 108 cm³/mol. The molecule has 27 heavy (non-hydrogen) atoms. The van der Waals surface area contributed by atoms with Crippen LogP contribution in [0.25, 0.3) is 22.2 Å². The van der Waals surface area contributed by atoms with Crippen LogP contribution >= 0.6 is 34.5 Å². The van der Waals surface area contributed by atoms with Crippen LogP contribution in [0.1, 0.15) is 10.4 Å². The lowest BCUT2D eigenvalue weighted by Gasteiger charge is -2.03. The van der Waals surface area contributed by atoms with Crippen LogP contribution in [0.2, 0.25) is 10.0 Å². The van der Waals surface area contributed by atoms with Crippen LogP contribution in [-0.4, -0.2) is 10.9 Å². The SMILES string of the molecule is O=C(Nc1nc(-c2ccc(Cl)cc2Cl)cs1)c1coc2ccccc2c1=O. The molecule has 0 spiro atoms. The van der Waals surface area contributed by atoms with E-state index in [4.69, 9.17) is 27.6 Å². The number of hydrogen-bond acceptors (Lipinski definition) is 5. The standard InChI is InChI=1S/C19H10Cl2N2O3S/c20-10-5-6-11(14(21)7-10)15-9-27-19(22-15)23-18(25)13-8-26-16-4-2-1-3-12(16)17(13)24/h1-9H,(H,22,23,25). The highest BCUT2D eigenvalue weighted by atomic mass is 35.5. The summed E-state index contributed by atoms with van der Waals surface area (Å²) in [6.45, 7) is 0. The highest BCUT2D eigenvalue weighted by molar-refractivity contribution is 7.14. The lowest BCUT2D eigenvalue weighted by Crippen LogP contribution is -2.21. The van der Waals surface area contributed by atoms with Crippen LogP contribution in [0.5, 0.6) is 0 Å². The molecule has 0 saturated carbocycles. The Hall–Kier alpha value is -2.67. The number of carbonyl (C=O) groups is 1. The van der Waals surface area contributed by atoms with Crippen molar-refractivity contribution in [3.05, 3.63) is 79.9 Å². The third-order valence-corrected chi connectivity index (χ3v) is 5.16. The summed E-state index contributed by atoms with van der Waals surface area (Å²) < 4.78 is 5.38. The Balaban J connectivity index is 1.62. The zero-order chi connectivity index (χ0) is 19.0. The molecule has 0 bridgehead atoms. The predicted octanol–water partition coefficient (Wildman–Crippen LogP) is 5.48. The number of aromatic nitrogens is 1. The van der Waals surface area contributed by atoms with Gasteiger partial charge in [0.25, 0.3) is 5.91 Å². The summed E-state index contributed by atoms with van der Waals surface area (Å²) in [5.74, 6) is -0.586. The number of carbonyl (C=O) groups excluding carboxylic acids is 1. The number of benzene rings is 2. The largest absolute Gasteiger partial charge is 0.463 e. The Morgan fingerprint density at radius 1 is 1.15 bits per heavy atom. The minimum absolute atomic E-state index is 0.0880. The van der Waals surface area contributed by atoms with Gasteiger partial charge < -0.3 is 4.42 Å². The number of fused-ring (bicyclic) bond motifs is 1. The number of nitrogens with zero attached hydrogens (tertiary/aromatic N) is 1. The van der Waals surface area contributed by atoms with Gasteiger partial charge in [0.05, 0.1) is 16.1 Å². The lowest BCUT2D eigenvalue weighted by molar-refractivity contribution is 0.102. The van der Waals surface area contributed by atoms with Gasteiger partial charge in [-0.05, 0) is 30.3 Å². The molecule has 4 aromatic rings. The molecule has 1 amide bonds. The smallest absolute Gasteiger partial charge is 0.264 e. The van der Waals surface area contributed by atoms with E-state index in [1.807, 2.05) is 0 Å². The van der Waals surface area contributed by atoms with Crippen molar-refractivity contribution < 1.29 is 9.21 Å². The fourth-order valence-corrected chi connectivity index (χ4v) is 3.76. The van der Waals surface area contributed by atoms with Crippen LogP contribution in [-0.2, 0) is 0 Å². The number of amides is 1. The second kappa shape index (κ2) is 7.15. The summed E-state index contributed by atoms with van der Waals surface area (Å²) in [5.41, 5.74) is 1.24. The monoisotopic (exact) mass is 416 g/mol.